The largest absolute Gasteiger partial charge is 0.410 e. The van der Waals surface area contributed by atoms with Crippen molar-refractivity contribution in [2.24, 2.45) is 0 Å². The van der Waals surface area contributed by atoms with Crippen LogP contribution in [0.5, 0.6) is 0 Å². The van der Waals surface area contributed by atoms with Crippen LogP contribution in [-0.2, 0) is 5.75 Å². The van der Waals surface area contributed by atoms with E-state index in [1.807, 2.05) is 26.0 Å². The lowest BCUT2D eigenvalue weighted by atomic mass is 10.1. The Morgan fingerprint density at radius 2 is 1.95 bits per heavy atom. The number of hydrogen-bond acceptors (Lipinski definition) is 6. The number of aromatic nitrogens is 3. The number of aryl methyl sites for hydroxylation is 3. The van der Waals surface area contributed by atoms with Gasteiger partial charge in [-0.3, -0.25) is 0 Å². The van der Waals surface area contributed by atoms with Crippen molar-refractivity contribution in [3.63, 3.8) is 0 Å². The van der Waals surface area contributed by atoms with Gasteiger partial charge in [0, 0.05) is 5.75 Å². The fourth-order valence-corrected chi connectivity index (χ4v) is 3.68. The van der Waals surface area contributed by atoms with E-state index in [9.17, 15) is 0 Å². The predicted octanol–water partition coefficient (Wildman–Crippen LogP) is 4.41. The third kappa shape index (κ3) is 3.16. The molecule has 0 saturated heterocycles. The Kier molecular flexibility index (Phi) is 4.07. The second-order valence-corrected chi connectivity index (χ2v) is 6.87. The first-order valence-corrected chi connectivity index (χ1v) is 8.39. The zero-order valence-electron chi connectivity index (χ0n) is 12.1. The first-order chi connectivity index (χ1) is 10.1. The van der Waals surface area contributed by atoms with E-state index >= 15 is 0 Å². The first kappa shape index (κ1) is 14.3. The maximum atomic E-state index is 5.74. The first-order valence-electron chi connectivity index (χ1n) is 6.58. The van der Waals surface area contributed by atoms with Crippen LogP contribution in [-0.4, -0.2) is 15.2 Å². The monoisotopic (exact) mass is 317 g/mol. The van der Waals surface area contributed by atoms with E-state index in [1.54, 1.807) is 23.1 Å². The van der Waals surface area contributed by atoms with Crippen molar-refractivity contribution in [3.05, 3.63) is 46.1 Å². The Bertz CT molecular complexity index is 764. The van der Waals surface area contributed by atoms with Crippen molar-refractivity contribution in [1.29, 1.82) is 0 Å². The summed E-state index contributed by atoms with van der Waals surface area (Å²) >= 11 is 3.14. The Labute approximate surface area is 131 Å². The van der Waals surface area contributed by atoms with Crippen LogP contribution in [0.2, 0.25) is 0 Å². The van der Waals surface area contributed by atoms with E-state index < -0.39 is 0 Å². The molecule has 0 atom stereocenters. The van der Waals surface area contributed by atoms with Gasteiger partial charge >= 0.3 is 0 Å². The van der Waals surface area contributed by atoms with Crippen LogP contribution < -0.4 is 0 Å². The van der Waals surface area contributed by atoms with Crippen LogP contribution in [0.25, 0.3) is 10.8 Å². The molecule has 4 nitrogen and oxygen atoms in total. The summed E-state index contributed by atoms with van der Waals surface area (Å²) in [7, 11) is 0. The molecule has 0 fully saturated rings. The molecule has 1 aromatic carbocycles. The van der Waals surface area contributed by atoms with Crippen LogP contribution in [0.4, 0.5) is 0 Å². The van der Waals surface area contributed by atoms with Gasteiger partial charge in [0.05, 0.1) is 10.7 Å². The lowest BCUT2D eigenvalue weighted by Gasteiger charge is -2.02. The van der Waals surface area contributed by atoms with Crippen LogP contribution in [0, 0.1) is 20.8 Å². The van der Waals surface area contributed by atoms with Crippen molar-refractivity contribution >= 4 is 23.1 Å². The van der Waals surface area contributed by atoms with Gasteiger partial charge in [-0.25, -0.2) is 4.98 Å². The quantitative estimate of drug-likeness (QED) is 0.667. The average Bonchev–Trinajstić information content (AvgIpc) is 3.04. The van der Waals surface area contributed by atoms with Crippen LogP contribution in [0.1, 0.15) is 21.8 Å². The number of rotatable bonds is 4. The van der Waals surface area contributed by atoms with E-state index in [0.717, 1.165) is 21.3 Å². The van der Waals surface area contributed by atoms with Crippen molar-refractivity contribution in [3.8, 4) is 10.8 Å². The van der Waals surface area contributed by atoms with E-state index in [2.05, 4.69) is 34.2 Å². The van der Waals surface area contributed by atoms with Crippen LogP contribution in [0.3, 0.4) is 0 Å². The van der Waals surface area contributed by atoms with Gasteiger partial charge < -0.3 is 4.42 Å². The highest BCUT2D eigenvalue weighted by Gasteiger charge is 2.15. The molecule has 0 aliphatic carbocycles. The fraction of sp³-hybridized carbons (Fsp3) is 0.267. The molecule has 0 N–H and O–H groups in total. The Morgan fingerprint density at radius 1 is 1.14 bits per heavy atom. The molecule has 3 rings (SSSR count). The molecule has 0 aliphatic heterocycles. The molecule has 3 aromatic rings. The van der Waals surface area contributed by atoms with Crippen LogP contribution >= 0.6 is 23.1 Å². The van der Waals surface area contributed by atoms with Gasteiger partial charge in [-0.05, 0) is 31.9 Å². The van der Waals surface area contributed by atoms with E-state index in [0.29, 0.717) is 11.1 Å². The molecule has 0 aliphatic rings. The molecule has 21 heavy (non-hydrogen) atoms. The summed E-state index contributed by atoms with van der Waals surface area (Å²) in [5.74, 6) is 1.39. The fourth-order valence-electron chi connectivity index (χ4n) is 2.00. The molecule has 2 aromatic heterocycles. The molecule has 0 spiro atoms. The van der Waals surface area contributed by atoms with Gasteiger partial charge in [-0.2, -0.15) is 0 Å². The maximum absolute atomic E-state index is 5.74. The minimum Gasteiger partial charge on any atom is -0.410 e. The van der Waals surface area contributed by atoms with Crippen molar-refractivity contribution in [1.82, 2.24) is 15.2 Å². The minimum absolute atomic E-state index is 0.561. The molecular formula is C15H15N3OS2. The molecule has 0 saturated carbocycles. The lowest BCUT2D eigenvalue weighted by molar-refractivity contribution is 0.466. The zero-order chi connectivity index (χ0) is 14.8. The van der Waals surface area contributed by atoms with E-state index in [4.69, 9.17) is 4.42 Å². The van der Waals surface area contributed by atoms with Crippen LogP contribution in [0.15, 0.2) is 33.9 Å². The average molecular weight is 317 g/mol. The van der Waals surface area contributed by atoms with Gasteiger partial charge in [-0.15, -0.1) is 21.5 Å². The Hall–Kier alpha value is -1.66. The third-order valence-electron chi connectivity index (χ3n) is 3.12. The van der Waals surface area contributed by atoms with Crippen molar-refractivity contribution in [2.45, 2.75) is 31.7 Å². The molecule has 0 unspecified atom stereocenters. The lowest BCUT2D eigenvalue weighted by Crippen LogP contribution is -1.85. The molecule has 6 heteroatoms. The summed E-state index contributed by atoms with van der Waals surface area (Å²) in [6.45, 7) is 6.05. The topological polar surface area (TPSA) is 51.8 Å². The summed E-state index contributed by atoms with van der Waals surface area (Å²) in [5, 5.41) is 9.85. The van der Waals surface area contributed by atoms with Crippen molar-refractivity contribution in [2.75, 3.05) is 0 Å². The SMILES string of the molecule is Cc1nc(C)c(-c2nnc(SCc3ccccc3C)o2)s1. The van der Waals surface area contributed by atoms with E-state index in [-0.39, 0.29) is 0 Å². The Balaban J connectivity index is 1.74. The van der Waals surface area contributed by atoms with Crippen molar-refractivity contribution < 1.29 is 4.42 Å². The number of benzene rings is 1. The molecule has 0 amide bonds. The summed E-state index contributed by atoms with van der Waals surface area (Å²) in [6.07, 6.45) is 0. The normalized spacial score (nSPS) is 11.0. The van der Waals surface area contributed by atoms with Gasteiger partial charge in [-0.1, -0.05) is 36.0 Å². The second-order valence-electron chi connectivity index (χ2n) is 4.74. The number of thiazole rings is 1. The third-order valence-corrected chi connectivity index (χ3v) is 5.04. The van der Waals surface area contributed by atoms with Gasteiger partial charge in [0.1, 0.15) is 4.88 Å². The highest BCUT2D eigenvalue weighted by atomic mass is 32.2. The molecule has 0 bridgehead atoms. The zero-order valence-corrected chi connectivity index (χ0v) is 13.7. The molecule has 108 valence electrons. The Morgan fingerprint density at radius 3 is 2.67 bits per heavy atom. The van der Waals surface area contributed by atoms with Gasteiger partial charge in [0.25, 0.3) is 11.1 Å². The highest BCUT2D eigenvalue weighted by molar-refractivity contribution is 7.98. The maximum Gasteiger partial charge on any atom is 0.277 e. The van der Waals surface area contributed by atoms with Gasteiger partial charge in [0.2, 0.25) is 0 Å². The highest BCUT2D eigenvalue weighted by Crippen LogP contribution is 2.31. The van der Waals surface area contributed by atoms with Gasteiger partial charge in [0.15, 0.2) is 0 Å². The summed E-state index contributed by atoms with van der Waals surface area (Å²) in [5.41, 5.74) is 3.50. The number of thioether (sulfide) groups is 1. The number of hydrogen-bond donors (Lipinski definition) is 0. The smallest absolute Gasteiger partial charge is 0.277 e. The second kappa shape index (κ2) is 5.99. The number of nitrogens with zero attached hydrogens (tertiary/aromatic N) is 3. The summed E-state index contributed by atoms with van der Waals surface area (Å²) in [6, 6.07) is 8.32. The standard InChI is InChI=1S/C15H15N3OS2/c1-9-6-4-5-7-12(9)8-20-15-18-17-14(19-15)13-10(2)16-11(3)21-13/h4-7H,8H2,1-3H3. The minimum atomic E-state index is 0.561. The molecule has 0 radical (unpaired) electrons. The summed E-state index contributed by atoms with van der Waals surface area (Å²) in [4.78, 5) is 5.35. The summed E-state index contributed by atoms with van der Waals surface area (Å²) < 4.78 is 5.74. The molecular weight excluding hydrogens is 302 g/mol. The van der Waals surface area contributed by atoms with E-state index in [1.165, 1.54) is 11.1 Å². The molecule has 2 heterocycles. The predicted molar refractivity (Wildman–Crippen MR) is 85.6 cm³/mol.